The fraction of sp³-hybridized carbons (Fsp3) is 0.714. The van der Waals surface area contributed by atoms with Crippen LogP contribution < -0.4 is 0 Å². The van der Waals surface area contributed by atoms with E-state index >= 15 is 0 Å². The van der Waals surface area contributed by atoms with Crippen LogP contribution in [0.25, 0.3) is 0 Å². The minimum atomic E-state index is -0.963. The van der Waals surface area contributed by atoms with Crippen LogP contribution in [0.5, 0.6) is 0 Å². The van der Waals surface area contributed by atoms with Gasteiger partial charge >= 0.3 is 17.9 Å². The van der Waals surface area contributed by atoms with Crippen molar-refractivity contribution in [3.05, 3.63) is 0 Å². The first-order chi connectivity index (χ1) is 10.8. The van der Waals surface area contributed by atoms with Crippen LogP contribution in [0.15, 0.2) is 4.99 Å². The highest BCUT2D eigenvalue weighted by Crippen LogP contribution is 2.32. The summed E-state index contributed by atoms with van der Waals surface area (Å²) in [6.07, 6.45) is -3.50. The number of nitrogens with zero attached hydrogens (tertiary/aromatic N) is 1. The Hall–Kier alpha value is -2.16. The van der Waals surface area contributed by atoms with Crippen molar-refractivity contribution in [2.75, 3.05) is 6.61 Å². The predicted molar refractivity (Wildman–Crippen MR) is 74.4 cm³/mol. The number of rotatable bonds is 4. The molecule has 2 rings (SSSR count). The Morgan fingerprint density at radius 3 is 2.22 bits per heavy atom. The number of carbonyl (C=O) groups excluding carboxylic acids is 3. The predicted octanol–water partition coefficient (Wildman–Crippen LogP) is -0.0450. The molecule has 128 valence electrons. The molecule has 0 amide bonds. The quantitative estimate of drug-likeness (QED) is 0.522. The van der Waals surface area contributed by atoms with Crippen LogP contribution in [-0.4, -0.2) is 61.1 Å². The van der Waals surface area contributed by atoms with Crippen molar-refractivity contribution in [1.82, 2.24) is 0 Å². The van der Waals surface area contributed by atoms with E-state index in [2.05, 4.69) is 4.99 Å². The lowest BCUT2D eigenvalue weighted by Gasteiger charge is -2.40. The molecule has 0 aromatic carbocycles. The zero-order chi connectivity index (χ0) is 17.1. The van der Waals surface area contributed by atoms with Crippen molar-refractivity contribution in [1.29, 1.82) is 0 Å². The molecule has 0 aromatic heterocycles. The molecule has 0 radical (unpaired) electrons. The molecular formula is C14H19NO8. The van der Waals surface area contributed by atoms with Crippen molar-refractivity contribution in [2.24, 2.45) is 4.99 Å². The molecule has 2 heterocycles. The molecule has 0 bridgehead atoms. The Morgan fingerprint density at radius 2 is 1.65 bits per heavy atom. The number of fused-ring (bicyclic) bond motifs is 1. The van der Waals surface area contributed by atoms with Gasteiger partial charge in [-0.2, -0.15) is 0 Å². The topological polar surface area (TPSA) is 110 Å². The lowest BCUT2D eigenvalue weighted by molar-refractivity contribution is -0.249. The van der Waals surface area contributed by atoms with Crippen molar-refractivity contribution in [2.45, 2.75) is 58.3 Å². The van der Waals surface area contributed by atoms with Gasteiger partial charge in [0.05, 0.1) is 0 Å². The van der Waals surface area contributed by atoms with E-state index in [1.54, 1.807) is 6.92 Å². The Bertz CT molecular complexity index is 531. The second kappa shape index (κ2) is 6.95. The van der Waals surface area contributed by atoms with Gasteiger partial charge in [0.15, 0.2) is 24.1 Å². The van der Waals surface area contributed by atoms with Crippen LogP contribution in [0.4, 0.5) is 0 Å². The number of hydrogen-bond acceptors (Lipinski definition) is 9. The normalized spacial score (nSPS) is 32.2. The van der Waals surface area contributed by atoms with Gasteiger partial charge in [0.1, 0.15) is 12.7 Å². The number of aliphatic imine (C=N–C) groups is 1. The molecule has 0 aromatic rings. The van der Waals surface area contributed by atoms with Gasteiger partial charge in [-0.05, 0) is 0 Å². The fourth-order valence-electron chi connectivity index (χ4n) is 2.53. The largest absolute Gasteiger partial charge is 0.463 e. The number of hydrogen-bond donors (Lipinski definition) is 0. The average molecular weight is 329 g/mol. The van der Waals surface area contributed by atoms with Crippen molar-refractivity contribution in [3.63, 3.8) is 0 Å². The van der Waals surface area contributed by atoms with Gasteiger partial charge in [0.2, 0.25) is 6.29 Å². The summed E-state index contributed by atoms with van der Waals surface area (Å²) in [6.45, 7) is 5.17. The third-order valence-electron chi connectivity index (χ3n) is 3.29. The van der Waals surface area contributed by atoms with E-state index in [-0.39, 0.29) is 6.61 Å². The van der Waals surface area contributed by atoms with Crippen molar-refractivity contribution in [3.8, 4) is 0 Å². The summed E-state index contributed by atoms with van der Waals surface area (Å²) >= 11 is 0. The summed E-state index contributed by atoms with van der Waals surface area (Å²) < 4.78 is 26.5. The number of carbonyl (C=O) groups is 3. The smallest absolute Gasteiger partial charge is 0.303 e. The monoisotopic (exact) mass is 329 g/mol. The molecule has 5 atom stereocenters. The molecule has 0 N–H and O–H groups in total. The fourth-order valence-corrected chi connectivity index (χ4v) is 2.53. The lowest BCUT2D eigenvalue weighted by atomic mass is 9.97. The summed E-state index contributed by atoms with van der Waals surface area (Å²) in [5.74, 6) is -1.28. The first-order valence-electron chi connectivity index (χ1n) is 7.12. The highest BCUT2D eigenvalue weighted by molar-refractivity contribution is 5.75. The van der Waals surface area contributed by atoms with E-state index in [4.69, 9.17) is 23.7 Å². The third-order valence-corrected chi connectivity index (χ3v) is 3.29. The summed E-state index contributed by atoms with van der Waals surface area (Å²) in [5, 5.41) is 0. The van der Waals surface area contributed by atoms with Gasteiger partial charge in [-0.3, -0.25) is 14.4 Å². The zero-order valence-electron chi connectivity index (χ0n) is 13.3. The SMILES string of the molecule is CC(=O)OC[C@H]1O[C@@H]2OC(C)=N[C@@H]2[C@H](OC(C)=O)[C@@H]1OC(C)=O. The van der Waals surface area contributed by atoms with Crippen molar-refractivity contribution < 1.29 is 38.1 Å². The maximum Gasteiger partial charge on any atom is 0.303 e. The maximum absolute atomic E-state index is 11.4. The zero-order valence-corrected chi connectivity index (χ0v) is 13.3. The van der Waals surface area contributed by atoms with Gasteiger partial charge in [-0.1, -0.05) is 0 Å². The first-order valence-corrected chi connectivity index (χ1v) is 7.12. The second-order valence-corrected chi connectivity index (χ2v) is 5.25. The highest BCUT2D eigenvalue weighted by atomic mass is 16.7. The Labute approximate surface area is 132 Å². The molecule has 9 nitrogen and oxygen atoms in total. The average Bonchev–Trinajstić information content (AvgIpc) is 2.78. The van der Waals surface area contributed by atoms with E-state index in [0.717, 1.165) is 0 Å². The van der Waals surface area contributed by atoms with Crippen LogP contribution in [0, 0.1) is 0 Å². The van der Waals surface area contributed by atoms with Gasteiger partial charge < -0.3 is 23.7 Å². The molecule has 9 heteroatoms. The summed E-state index contributed by atoms with van der Waals surface area (Å²) in [7, 11) is 0. The minimum Gasteiger partial charge on any atom is -0.463 e. The van der Waals surface area contributed by atoms with Crippen LogP contribution in [0.2, 0.25) is 0 Å². The molecule has 23 heavy (non-hydrogen) atoms. The Morgan fingerprint density at radius 1 is 1.04 bits per heavy atom. The molecule has 0 spiro atoms. The molecule has 0 aliphatic carbocycles. The molecule has 1 fully saturated rings. The van der Waals surface area contributed by atoms with Gasteiger partial charge in [-0.15, -0.1) is 0 Å². The van der Waals surface area contributed by atoms with E-state index in [1.807, 2.05) is 0 Å². The third kappa shape index (κ3) is 4.19. The molecule has 2 aliphatic heterocycles. The molecule has 0 unspecified atom stereocenters. The highest BCUT2D eigenvalue weighted by Gasteiger charge is 2.53. The van der Waals surface area contributed by atoms with Gasteiger partial charge in [0.25, 0.3) is 0 Å². The molecule has 0 saturated carbocycles. The van der Waals surface area contributed by atoms with Gasteiger partial charge in [-0.25, -0.2) is 4.99 Å². The minimum absolute atomic E-state index is 0.170. The van der Waals surface area contributed by atoms with Crippen LogP contribution in [0.1, 0.15) is 27.7 Å². The van der Waals surface area contributed by atoms with Gasteiger partial charge in [0, 0.05) is 27.7 Å². The number of ether oxygens (including phenoxy) is 5. The molecule has 2 aliphatic rings. The van der Waals surface area contributed by atoms with Crippen LogP contribution in [0.3, 0.4) is 0 Å². The maximum atomic E-state index is 11.4. The number of esters is 3. The first kappa shape index (κ1) is 17.2. The summed E-state index contributed by atoms with van der Waals surface area (Å²) in [4.78, 5) is 38.1. The second-order valence-electron chi connectivity index (χ2n) is 5.25. The molecule has 1 saturated heterocycles. The molecular weight excluding hydrogens is 310 g/mol. The van der Waals surface area contributed by atoms with E-state index < -0.39 is 48.6 Å². The Balaban J connectivity index is 2.26. The van der Waals surface area contributed by atoms with E-state index in [0.29, 0.717) is 5.90 Å². The lowest BCUT2D eigenvalue weighted by Crippen LogP contribution is -2.60. The summed E-state index contributed by atoms with van der Waals surface area (Å²) in [5.41, 5.74) is 0. The van der Waals surface area contributed by atoms with E-state index in [1.165, 1.54) is 20.8 Å². The van der Waals surface area contributed by atoms with Crippen molar-refractivity contribution >= 4 is 23.8 Å². The standard InChI is InChI=1S/C14H19NO8/c1-6-15-11-13(22-9(4)18)12(21-8(3)17)10(5-19-7(2)16)23-14(11)20-6/h10-14H,5H2,1-4H3/t10-,11-,12-,13+,14+/m1/s1. The summed E-state index contributed by atoms with van der Waals surface area (Å²) in [6, 6.07) is -0.656. The van der Waals surface area contributed by atoms with Crippen LogP contribution in [-0.2, 0) is 38.1 Å². The Kier molecular flexibility index (Phi) is 5.19. The van der Waals surface area contributed by atoms with E-state index in [9.17, 15) is 14.4 Å². The van der Waals surface area contributed by atoms with Crippen LogP contribution >= 0.6 is 0 Å².